The second kappa shape index (κ2) is 12.0. The van der Waals surface area contributed by atoms with Crippen molar-refractivity contribution >= 4 is 0 Å². The lowest BCUT2D eigenvalue weighted by molar-refractivity contribution is 0.700. The molecular weight excluding hydrogens is 132 g/mol. The third-order valence-corrected chi connectivity index (χ3v) is 1.37. The van der Waals surface area contributed by atoms with Gasteiger partial charge < -0.3 is 0 Å². The summed E-state index contributed by atoms with van der Waals surface area (Å²) in [7, 11) is 0. The van der Waals surface area contributed by atoms with E-state index in [1.54, 1.807) is 6.08 Å². The Bertz CT molecular complexity index is 109. The lowest BCUT2D eigenvalue weighted by atomic mass is 10.1. The van der Waals surface area contributed by atoms with Gasteiger partial charge in [0.25, 0.3) is 0 Å². The number of hydrogen-bond acceptors (Lipinski definition) is 0. The lowest BCUT2D eigenvalue weighted by Crippen LogP contribution is -1.80. The largest absolute Gasteiger partial charge is 0.103 e. The van der Waals surface area contributed by atoms with E-state index in [1.165, 1.54) is 6.42 Å². The highest BCUT2D eigenvalue weighted by atomic mass is 13.9. The molecule has 64 valence electrons. The summed E-state index contributed by atoms with van der Waals surface area (Å²) in [6.45, 7) is 13.4. The van der Waals surface area contributed by atoms with Crippen LogP contribution in [0.25, 0.3) is 0 Å². The smallest absolute Gasteiger partial charge is 0.0267 e. The van der Waals surface area contributed by atoms with E-state index in [2.05, 4.69) is 27.0 Å². The normalized spacial score (nSPS) is 11.5. The molecule has 0 heteroatoms. The minimum absolute atomic E-state index is 0.699. The first-order valence-corrected chi connectivity index (χ1v) is 4.09. The Morgan fingerprint density at radius 1 is 1.36 bits per heavy atom. The van der Waals surface area contributed by atoms with Gasteiger partial charge in [0, 0.05) is 0 Å². The highest BCUT2D eigenvalue weighted by Gasteiger charge is 1.84. The maximum atomic E-state index is 3.63. The standard InChI is InChI=1S/C6H12.C5H8/c1-4-6(3)5-2;1-3-5-4-2/h4,6H,1,5H2,2-3H3;3-5H,1H2,2H3/b;5-4-. The van der Waals surface area contributed by atoms with Gasteiger partial charge in [-0.05, 0) is 12.8 Å². The molecule has 1 unspecified atom stereocenters. The Morgan fingerprint density at radius 3 is 1.91 bits per heavy atom. The molecular formula is C11H20. The van der Waals surface area contributed by atoms with Crippen molar-refractivity contribution in [2.45, 2.75) is 27.2 Å². The Kier molecular flexibility index (Phi) is 14.0. The van der Waals surface area contributed by atoms with Crippen LogP contribution in [-0.4, -0.2) is 0 Å². The van der Waals surface area contributed by atoms with Gasteiger partial charge in [-0.2, -0.15) is 0 Å². The van der Waals surface area contributed by atoms with Crippen LogP contribution in [0.2, 0.25) is 0 Å². The molecule has 0 nitrogen and oxygen atoms in total. The summed E-state index contributed by atoms with van der Waals surface area (Å²) in [6.07, 6.45) is 8.76. The highest BCUT2D eigenvalue weighted by Crippen LogP contribution is 1.98. The van der Waals surface area contributed by atoms with Crippen LogP contribution in [0.15, 0.2) is 37.5 Å². The first-order valence-electron chi connectivity index (χ1n) is 4.09. The SMILES string of the molecule is C=C/C=C\C.C=CC(C)CC. The van der Waals surface area contributed by atoms with Crippen LogP contribution in [0.3, 0.4) is 0 Å². The fraction of sp³-hybridized carbons (Fsp3) is 0.455. The molecule has 0 aliphatic rings. The Balaban J connectivity index is 0. The predicted molar refractivity (Wildman–Crippen MR) is 54.7 cm³/mol. The molecule has 0 fully saturated rings. The summed E-state index contributed by atoms with van der Waals surface area (Å²) in [6, 6.07) is 0. The van der Waals surface area contributed by atoms with Crippen molar-refractivity contribution in [3.05, 3.63) is 37.5 Å². The molecule has 0 N–H and O–H groups in total. The average molecular weight is 152 g/mol. The lowest BCUT2D eigenvalue weighted by Gasteiger charge is -1.93. The van der Waals surface area contributed by atoms with Crippen molar-refractivity contribution in [3.8, 4) is 0 Å². The van der Waals surface area contributed by atoms with Gasteiger partial charge in [-0.3, -0.25) is 0 Å². The zero-order valence-corrected chi connectivity index (χ0v) is 8.01. The summed E-state index contributed by atoms with van der Waals surface area (Å²) in [5.74, 6) is 0.699. The molecule has 0 rings (SSSR count). The molecule has 0 radical (unpaired) electrons. The van der Waals surface area contributed by atoms with E-state index >= 15 is 0 Å². The second-order valence-corrected chi connectivity index (χ2v) is 2.38. The third-order valence-electron chi connectivity index (χ3n) is 1.37. The molecule has 0 saturated carbocycles. The van der Waals surface area contributed by atoms with Crippen LogP contribution in [0.1, 0.15) is 27.2 Å². The molecule has 0 aliphatic carbocycles. The summed E-state index contributed by atoms with van der Waals surface area (Å²) in [4.78, 5) is 0. The van der Waals surface area contributed by atoms with Crippen molar-refractivity contribution in [1.82, 2.24) is 0 Å². The topological polar surface area (TPSA) is 0 Å². The van der Waals surface area contributed by atoms with Gasteiger partial charge in [0.1, 0.15) is 0 Å². The van der Waals surface area contributed by atoms with Crippen LogP contribution in [-0.2, 0) is 0 Å². The van der Waals surface area contributed by atoms with Gasteiger partial charge in [0.2, 0.25) is 0 Å². The van der Waals surface area contributed by atoms with E-state index < -0.39 is 0 Å². The zero-order chi connectivity index (χ0) is 9.11. The van der Waals surface area contributed by atoms with E-state index in [0.29, 0.717) is 5.92 Å². The van der Waals surface area contributed by atoms with E-state index in [-0.39, 0.29) is 0 Å². The predicted octanol–water partition coefficient (Wildman–Crippen LogP) is 3.97. The van der Waals surface area contributed by atoms with Crippen LogP contribution >= 0.6 is 0 Å². The third kappa shape index (κ3) is 17.6. The number of rotatable bonds is 3. The molecule has 0 saturated heterocycles. The number of allylic oxidation sites excluding steroid dienone is 4. The van der Waals surface area contributed by atoms with Crippen LogP contribution < -0.4 is 0 Å². The van der Waals surface area contributed by atoms with E-state index in [4.69, 9.17) is 0 Å². The highest BCUT2D eigenvalue weighted by molar-refractivity contribution is 4.94. The van der Waals surface area contributed by atoms with E-state index in [0.717, 1.165) is 0 Å². The van der Waals surface area contributed by atoms with Crippen molar-refractivity contribution < 1.29 is 0 Å². The maximum absolute atomic E-state index is 3.63. The molecule has 0 aromatic rings. The van der Waals surface area contributed by atoms with Crippen LogP contribution in [0, 0.1) is 5.92 Å². The van der Waals surface area contributed by atoms with Gasteiger partial charge in [0.05, 0.1) is 0 Å². The van der Waals surface area contributed by atoms with Gasteiger partial charge in [0.15, 0.2) is 0 Å². The number of hydrogen-bond donors (Lipinski definition) is 0. The van der Waals surface area contributed by atoms with E-state index in [9.17, 15) is 0 Å². The molecule has 0 bridgehead atoms. The van der Waals surface area contributed by atoms with Crippen LogP contribution in [0.4, 0.5) is 0 Å². The molecule has 0 aromatic carbocycles. The summed E-state index contributed by atoms with van der Waals surface area (Å²) >= 11 is 0. The van der Waals surface area contributed by atoms with Crippen molar-refractivity contribution in [3.63, 3.8) is 0 Å². The quantitative estimate of drug-likeness (QED) is 0.424. The molecule has 0 amide bonds. The molecule has 11 heavy (non-hydrogen) atoms. The second-order valence-electron chi connectivity index (χ2n) is 2.38. The van der Waals surface area contributed by atoms with Crippen LogP contribution in [0.5, 0.6) is 0 Å². The van der Waals surface area contributed by atoms with E-state index in [1.807, 2.05) is 25.2 Å². The average Bonchev–Trinajstić information content (AvgIpc) is 2.06. The zero-order valence-electron chi connectivity index (χ0n) is 8.01. The minimum Gasteiger partial charge on any atom is -0.103 e. The summed E-state index contributed by atoms with van der Waals surface area (Å²) in [5, 5.41) is 0. The van der Waals surface area contributed by atoms with Gasteiger partial charge >= 0.3 is 0 Å². The van der Waals surface area contributed by atoms with Gasteiger partial charge in [-0.1, -0.05) is 51.2 Å². The Morgan fingerprint density at radius 2 is 1.91 bits per heavy atom. The Labute approximate surface area is 71.3 Å². The minimum atomic E-state index is 0.699. The van der Waals surface area contributed by atoms with Crippen molar-refractivity contribution in [1.29, 1.82) is 0 Å². The first-order chi connectivity index (χ1) is 5.22. The van der Waals surface area contributed by atoms with Gasteiger partial charge in [-0.15, -0.1) is 6.58 Å². The first kappa shape index (κ1) is 12.9. The maximum Gasteiger partial charge on any atom is -0.0267 e. The molecule has 0 spiro atoms. The van der Waals surface area contributed by atoms with Gasteiger partial charge in [-0.25, -0.2) is 0 Å². The molecule has 0 heterocycles. The van der Waals surface area contributed by atoms with Crippen molar-refractivity contribution in [2.75, 3.05) is 0 Å². The fourth-order valence-electron chi connectivity index (χ4n) is 0.303. The summed E-state index contributed by atoms with van der Waals surface area (Å²) in [5.41, 5.74) is 0. The molecule has 0 aromatic heterocycles. The monoisotopic (exact) mass is 152 g/mol. The molecule has 1 atom stereocenters. The fourth-order valence-corrected chi connectivity index (χ4v) is 0.303. The van der Waals surface area contributed by atoms with Crippen molar-refractivity contribution in [2.24, 2.45) is 5.92 Å². The Hall–Kier alpha value is -0.780. The summed E-state index contributed by atoms with van der Waals surface area (Å²) < 4.78 is 0. The molecule has 0 aliphatic heterocycles.